The minimum atomic E-state index is -3.83. The van der Waals surface area contributed by atoms with Gasteiger partial charge in [-0.1, -0.05) is 12.1 Å². The summed E-state index contributed by atoms with van der Waals surface area (Å²) in [6, 6.07) is 9.63. The fraction of sp³-hybridized carbons (Fsp3) is 0.235. The normalized spacial score (nSPS) is 13.6. The highest BCUT2D eigenvalue weighted by molar-refractivity contribution is 7.92. The summed E-state index contributed by atoms with van der Waals surface area (Å²) in [6.45, 7) is 1.64. The van der Waals surface area contributed by atoms with Crippen molar-refractivity contribution in [3.05, 3.63) is 58.7 Å². The lowest BCUT2D eigenvalue weighted by Crippen LogP contribution is -2.15. The Morgan fingerprint density at radius 3 is 2.57 bits per heavy atom. The summed E-state index contributed by atoms with van der Waals surface area (Å²) in [5.41, 5.74) is 3.39. The highest BCUT2D eigenvalue weighted by atomic mass is 32.2. The summed E-state index contributed by atoms with van der Waals surface area (Å²) in [6.07, 6.45) is 3.08. The molecule has 0 heterocycles. The van der Waals surface area contributed by atoms with Crippen LogP contribution in [0.3, 0.4) is 0 Å². The molecule has 3 rings (SSSR count). The third-order valence-electron chi connectivity index (χ3n) is 4.08. The lowest BCUT2D eigenvalue weighted by Gasteiger charge is -2.12. The van der Waals surface area contributed by atoms with E-state index in [-0.39, 0.29) is 10.5 Å². The number of hydrogen-bond donors (Lipinski definition) is 2. The van der Waals surface area contributed by atoms with Crippen LogP contribution in [0.2, 0.25) is 0 Å². The Hall–Kier alpha value is -2.34. The smallest absolute Gasteiger partial charge is 0.335 e. The number of sulfonamides is 1. The SMILES string of the molecule is Cc1ccc(C(=O)O)cc1S(=O)(=O)Nc1ccc2c(c1)CCC2. The van der Waals surface area contributed by atoms with E-state index >= 15 is 0 Å². The molecule has 23 heavy (non-hydrogen) atoms. The monoisotopic (exact) mass is 331 g/mol. The number of hydrogen-bond acceptors (Lipinski definition) is 3. The number of carboxylic acid groups (broad SMARTS) is 1. The molecular formula is C17H17NO4S. The molecule has 0 saturated heterocycles. The molecule has 2 aromatic rings. The Labute approximate surface area is 135 Å². The Morgan fingerprint density at radius 1 is 1.09 bits per heavy atom. The standard InChI is InChI=1S/C17H17NO4S/c1-11-5-6-14(17(19)20)10-16(11)23(21,22)18-15-8-7-12-3-2-4-13(12)9-15/h5-10,18H,2-4H2,1H3,(H,19,20). The molecule has 0 aromatic heterocycles. The molecule has 0 radical (unpaired) electrons. The second-order valence-electron chi connectivity index (χ2n) is 5.73. The van der Waals surface area contributed by atoms with Crippen molar-refractivity contribution in [2.75, 3.05) is 4.72 Å². The number of rotatable bonds is 4. The van der Waals surface area contributed by atoms with E-state index in [0.717, 1.165) is 19.3 Å². The van der Waals surface area contributed by atoms with Crippen molar-refractivity contribution in [3.8, 4) is 0 Å². The van der Waals surface area contributed by atoms with Crippen LogP contribution in [-0.2, 0) is 22.9 Å². The Balaban J connectivity index is 1.96. The Bertz CT molecular complexity index is 887. The first-order chi connectivity index (χ1) is 10.9. The number of aromatic carboxylic acids is 1. The van der Waals surface area contributed by atoms with Crippen molar-refractivity contribution in [1.82, 2.24) is 0 Å². The molecule has 120 valence electrons. The number of nitrogens with one attached hydrogen (secondary N) is 1. The highest BCUT2D eigenvalue weighted by Crippen LogP contribution is 2.27. The van der Waals surface area contributed by atoms with E-state index in [0.29, 0.717) is 11.3 Å². The van der Waals surface area contributed by atoms with Gasteiger partial charge in [-0.25, -0.2) is 13.2 Å². The van der Waals surface area contributed by atoms with Crippen molar-refractivity contribution in [3.63, 3.8) is 0 Å². The summed E-state index contributed by atoms with van der Waals surface area (Å²) in [7, 11) is -3.83. The van der Waals surface area contributed by atoms with Gasteiger partial charge in [-0.15, -0.1) is 0 Å². The minimum absolute atomic E-state index is 0.0158. The van der Waals surface area contributed by atoms with Gasteiger partial charge >= 0.3 is 5.97 Å². The predicted octanol–water partition coefficient (Wildman–Crippen LogP) is 2.98. The van der Waals surface area contributed by atoms with Crippen LogP contribution in [0.5, 0.6) is 0 Å². The van der Waals surface area contributed by atoms with Crippen molar-refractivity contribution in [2.24, 2.45) is 0 Å². The number of fused-ring (bicyclic) bond motifs is 1. The van der Waals surface area contributed by atoms with Gasteiger partial charge in [0, 0.05) is 5.69 Å². The van der Waals surface area contributed by atoms with Gasteiger partial charge in [0.2, 0.25) is 0 Å². The molecule has 1 aliphatic carbocycles. The molecule has 0 unspecified atom stereocenters. The van der Waals surface area contributed by atoms with Crippen LogP contribution in [0.4, 0.5) is 5.69 Å². The van der Waals surface area contributed by atoms with Crippen LogP contribution >= 0.6 is 0 Å². The van der Waals surface area contributed by atoms with Crippen LogP contribution in [0, 0.1) is 6.92 Å². The van der Waals surface area contributed by atoms with Crippen LogP contribution < -0.4 is 4.72 Å². The predicted molar refractivity (Wildman–Crippen MR) is 87.4 cm³/mol. The first-order valence-corrected chi connectivity index (χ1v) is 8.84. The third-order valence-corrected chi connectivity index (χ3v) is 5.60. The average Bonchev–Trinajstić information content (AvgIpc) is 2.94. The molecule has 0 saturated carbocycles. The summed E-state index contributed by atoms with van der Waals surface area (Å²) < 4.78 is 27.7. The number of carboxylic acids is 1. The molecule has 6 heteroatoms. The van der Waals surface area contributed by atoms with Crippen molar-refractivity contribution in [2.45, 2.75) is 31.1 Å². The van der Waals surface area contributed by atoms with E-state index in [1.807, 2.05) is 12.1 Å². The van der Waals surface area contributed by atoms with E-state index in [2.05, 4.69) is 4.72 Å². The zero-order chi connectivity index (χ0) is 16.6. The van der Waals surface area contributed by atoms with Crippen molar-refractivity contribution in [1.29, 1.82) is 0 Å². The molecule has 0 amide bonds. The first-order valence-electron chi connectivity index (χ1n) is 7.35. The molecular weight excluding hydrogens is 314 g/mol. The first kappa shape index (κ1) is 15.6. The second-order valence-corrected chi connectivity index (χ2v) is 7.38. The topological polar surface area (TPSA) is 83.5 Å². The molecule has 0 atom stereocenters. The summed E-state index contributed by atoms with van der Waals surface area (Å²) in [5.74, 6) is -1.15. The molecule has 0 aliphatic heterocycles. The van der Waals surface area contributed by atoms with E-state index in [9.17, 15) is 13.2 Å². The maximum absolute atomic E-state index is 12.6. The maximum atomic E-state index is 12.6. The summed E-state index contributed by atoms with van der Waals surface area (Å²) in [5, 5.41) is 9.05. The number of benzene rings is 2. The van der Waals surface area contributed by atoms with Crippen LogP contribution in [0.15, 0.2) is 41.3 Å². The average molecular weight is 331 g/mol. The fourth-order valence-electron chi connectivity index (χ4n) is 2.87. The van der Waals surface area contributed by atoms with E-state index in [1.165, 1.54) is 29.3 Å². The summed E-state index contributed by atoms with van der Waals surface area (Å²) >= 11 is 0. The van der Waals surface area contributed by atoms with Crippen molar-refractivity contribution < 1.29 is 18.3 Å². The molecule has 0 spiro atoms. The molecule has 5 nitrogen and oxygen atoms in total. The van der Waals surface area contributed by atoms with Crippen LogP contribution in [-0.4, -0.2) is 19.5 Å². The van der Waals surface area contributed by atoms with Gasteiger partial charge in [-0.05, 0) is 67.1 Å². The van der Waals surface area contributed by atoms with Crippen molar-refractivity contribution >= 4 is 21.7 Å². The highest BCUT2D eigenvalue weighted by Gasteiger charge is 2.20. The number of anilines is 1. The zero-order valence-corrected chi connectivity index (χ0v) is 13.5. The van der Waals surface area contributed by atoms with E-state index < -0.39 is 16.0 Å². The molecule has 0 fully saturated rings. The summed E-state index contributed by atoms with van der Waals surface area (Å²) in [4.78, 5) is 11.0. The Kier molecular flexibility index (Phi) is 3.85. The minimum Gasteiger partial charge on any atom is -0.478 e. The lowest BCUT2D eigenvalue weighted by atomic mass is 10.1. The quantitative estimate of drug-likeness (QED) is 0.902. The van der Waals surface area contributed by atoms with E-state index in [4.69, 9.17) is 5.11 Å². The van der Waals surface area contributed by atoms with Gasteiger partial charge in [0.1, 0.15) is 0 Å². The zero-order valence-electron chi connectivity index (χ0n) is 12.7. The van der Waals surface area contributed by atoms with Crippen LogP contribution in [0.1, 0.15) is 33.5 Å². The van der Waals surface area contributed by atoms with Gasteiger partial charge in [0.15, 0.2) is 0 Å². The molecule has 2 N–H and O–H groups in total. The second kappa shape index (κ2) is 5.70. The molecule has 1 aliphatic rings. The van der Waals surface area contributed by atoms with Gasteiger partial charge in [-0.3, -0.25) is 4.72 Å². The number of aryl methyl sites for hydroxylation is 3. The Morgan fingerprint density at radius 2 is 1.83 bits per heavy atom. The van der Waals surface area contributed by atoms with Gasteiger partial charge in [0.05, 0.1) is 10.5 Å². The lowest BCUT2D eigenvalue weighted by molar-refractivity contribution is 0.0696. The van der Waals surface area contributed by atoms with Gasteiger partial charge < -0.3 is 5.11 Å². The maximum Gasteiger partial charge on any atom is 0.335 e. The number of carbonyl (C=O) groups is 1. The van der Waals surface area contributed by atoms with Gasteiger partial charge in [-0.2, -0.15) is 0 Å². The fourth-order valence-corrected chi connectivity index (χ4v) is 4.19. The van der Waals surface area contributed by atoms with Crippen LogP contribution in [0.25, 0.3) is 0 Å². The third kappa shape index (κ3) is 3.07. The van der Waals surface area contributed by atoms with Gasteiger partial charge in [0.25, 0.3) is 10.0 Å². The largest absolute Gasteiger partial charge is 0.478 e. The molecule has 2 aromatic carbocycles. The van der Waals surface area contributed by atoms with E-state index in [1.54, 1.807) is 13.0 Å². The molecule has 0 bridgehead atoms.